The molecule has 1 aromatic rings. The van der Waals surface area contributed by atoms with Gasteiger partial charge in [0.2, 0.25) is 17.8 Å². The van der Waals surface area contributed by atoms with Crippen molar-refractivity contribution in [2.24, 2.45) is 17.8 Å². The molecule has 0 bridgehead atoms. The number of hydrogen-bond donors (Lipinski definition) is 2. The van der Waals surface area contributed by atoms with Crippen molar-refractivity contribution in [3.05, 3.63) is 0 Å². The molecule has 0 fully saturated rings. The Balaban J connectivity index is 2.83. The first-order valence-corrected chi connectivity index (χ1v) is 7.20. The summed E-state index contributed by atoms with van der Waals surface area (Å²) in [4.78, 5) is 15.0. The molecular formula is C14H28N6. The molecule has 20 heavy (non-hydrogen) atoms. The van der Waals surface area contributed by atoms with Crippen molar-refractivity contribution in [3.8, 4) is 0 Å². The van der Waals surface area contributed by atoms with Crippen LogP contribution in [0.25, 0.3) is 0 Å². The van der Waals surface area contributed by atoms with Gasteiger partial charge < -0.3 is 15.5 Å². The van der Waals surface area contributed by atoms with Gasteiger partial charge >= 0.3 is 0 Å². The van der Waals surface area contributed by atoms with E-state index in [1.165, 1.54) is 0 Å². The van der Waals surface area contributed by atoms with Gasteiger partial charge in [-0.25, -0.2) is 0 Å². The van der Waals surface area contributed by atoms with Crippen molar-refractivity contribution in [2.75, 3.05) is 43.2 Å². The summed E-state index contributed by atoms with van der Waals surface area (Å²) in [7, 11) is 5.65. The van der Waals surface area contributed by atoms with Crippen LogP contribution in [-0.4, -0.2) is 42.6 Å². The quantitative estimate of drug-likeness (QED) is 0.799. The van der Waals surface area contributed by atoms with Crippen LogP contribution < -0.4 is 15.5 Å². The van der Waals surface area contributed by atoms with Crippen LogP contribution in [0.2, 0.25) is 0 Å². The molecule has 2 N–H and O–H groups in total. The first-order chi connectivity index (χ1) is 9.35. The molecule has 0 saturated heterocycles. The molecular weight excluding hydrogens is 252 g/mol. The number of nitrogens with zero attached hydrogens (tertiary/aromatic N) is 4. The van der Waals surface area contributed by atoms with Crippen molar-refractivity contribution >= 4 is 17.8 Å². The topological polar surface area (TPSA) is 66.0 Å². The van der Waals surface area contributed by atoms with E-state index in [1.54, 1.807) is 0 Å². The summed E-state index contributed by atoms with van der Waals surface area (Å²) in [5, 5.41) is 6.32. The summed E-state index contributed by atoms with van der Waals surface area (Å²) >= 11 is 0. The average molecular weight is 280 g/mol. The van der Waals surface area contributed by atoms with E-state index >= 15 is 0 Å². The maximum absolute atomic E-state index is 4.42. The third-order valence-electron chi connectivity index (χ3n) is 3.46. The Morgan fingerprint density at radius 3 is 1.95 bits per heavy atom. The molecule has 1 heterocycles. The Morgan fingerprint density at radius 1 is 0.950 bits per heavy atom. The highest BCUT2D eigenvalue weighted by atomic mass is 15.3. The predicted molar refractivity (Wildman–Crippen MR) is 85.4 cm³/mol. The standard InChI is InChI=1S/C14H28N6/c1-9(2)11(10(3)4)8-16-13-17-12(15-5)18-14(19-13)20(6)7/h9-11H,8H2,1-7H3,(H2,15,16,17,18,19). The molecule has 0 aliphatic carbocycles. The molecule has 6 nitrogen and oxygen atoms in total. The van der Waals surface area contributed by atoms with E-state index in [0.717, 1.165) is 6.54 Å². The summed E-state index contributed by atoms with van der Waals surface area (Å²) in [6, 6.07) is 0. The van der Waals surface area contributed by atoms with Gasteiger partial charge in [0.25, 0.3) is 0 Å². The smallest absolute Gasteiger partial charge is 0.231 e. The van der Waals surface area contributed by atoms with E-state index in [4.69, 9.17) is 0 Å². The lowest BCUT2D eigenvalue weighted by Crippen LogP contribution is -2.26. The minimum atomic E-state index is 0.580. The fourth-order valence-electron chi connectivity index (χ4n) is 2.21. The Morgan fingerprint density at radius 2 is 1.50 bits per heavy atom. The van der Waals surface area contributed by atoms with E-state index in [1.807, 2.05) is 26.0 Å². The van der Waals surface area contributed by atoms with Crippen LogP contribution in [0.15, 0.2) is 0 Å². The number of hydrogen-bond acceptors (Lipinski definition) is 6. The lowest BCUT2D eigenvalue weighted by molar-refractivity contribution is 0.304. The summed E-state index contributed by atoms with van der Waals surface area (Å²) in [6.07, 6.45) is 0. The molecule has 1 aromatic heterocycles. The van der Waals surface area contributed by atoms with E-state index in [-0.39, 0.29) is 0 Å². The van der Waals surface area contributed by atoms with E-state index in [0.29, 0.717) is 35.6 Å². The zero-order valence-electron chi connectivity index (χ0n) is 13.7. The molecule has 114 valence electrons. The zero-order valence-corrected chi connectivity index (χ0v) is 13.7. The normalized spacial score (nSPS) is 11.3. The summed E-state index contributed by atoms with van der Waals surface area (Å²) in [5.74, 6) is 3.70. The Kier molecular flexibility index (Phi) is 5.98. The highest BCUT2D eigenvalue weighted by molar-refractivity contribution is 5.42. The van der Waals surface area contributed by atoms with Gasteiger partial charge in [0.15, 0.2) is 0 Å². The highest BCUT2D eigenvalue weighted by Crippen LogP contribution is 2.21. The van der Waals surface area contributed by atoms with Gasteiger partial charge in [-0.3, -0.25) is 0 Å². The predicted octanol–water partition coefficient (Wildman–Crippen LogP) is 2.32. The van der Waals surface area contributed by atoms with Crippen LogP contribution in [0.5, 0.6) is 0 Å². The van der Waals surface area contributed by atoms with Crippen molar-refractivity contribution in [1.29, 1.82) is 0 Å². The van der Waals surface area contributed by atoms with E-state index in [9.17, 15) is 0 Å². The van der Waals surface area contributed by atoms with E-state index < -0.39 is 0 Å². The summed E-state index contributed by atoms with van der Waals surface area (Å²) in [5.41, 5.74) is 0. The molecule has 0 spiro atoms. The van der Waals surface area contributed by atoms with Gasteiger partial charge in [0.05, 0.1) is 0 Å². The van der Waals surface area contributed by atoms with Crippen LogP contribution in [0.4, 0.5) is 17.8 Å². The van der Waals surface area contributed by atoms with Crippen molar-refractivity contribution in [1.82, 2.24) is 15.0 Å². The zero-order chi connectivity index (χ0) is 15.3. The maximum atomic E-state index is 4.42. The van der Waals surface area contributed by atoms with Crippen LogP contribution in [-0.2, 0) is 0 Å². The maximum Gasteiger partial charge on any atom is 0.231 e. The molecule has 0 saturated carbocycles. The summed E-state index contributed by atoms with van der Waals surface area (Å²) < 4.78 is 0. The molecule has 0 aromatic carbocycles. The third kappa shape index (κ3) is 4.51. The fourth-order valence-corrected chi connectivity index (χ4v) is 2.21. The van der Waals surface area contributed by atoms with Crippen molar-refractivity contribution < 1.29 is 0 Å². The minimum Gasteiger partial charge on any atom is -0.357 e. The van der Waals surface area contributed by atoms with Crippen LogP contribution >= 0.6 is 0 Å². The second-order valence-corrected chi connectivity index (χ2v) is 5.96. The third-order valence-corrected chi connectivity index (χ3v) is 3.46. The molecule has 6 heteroatoms. The van der Waals surface area contributed by atoms with Gasteiger partial charge in [-0.15, -0.1) is 0 Å². The van der Waals surface area contributed by atoms with Gasteiger partial charge in [0, 0.05) is 27.7 Å². The largest absolute Gasteiger partial charge is 0.357 e. The SMILES string of the molecule is CNc1nc(NCC(C(C)C)C(C)C)nc(N(C)C)n1. The Hall–Kier alpha value is -1.59. The number of rotatable bonds is 7. The Bertz CT molecular complexity index is 408. The lowest BCUT2D eigenvalue weighted by Gasteiger charge is -2.25. The lowest BCUT2D eigenvalue weighted by atomic mass is 9.85. The first-order valence-electron chi connectivity index (χ1n) is 7.20. The second-order valence-electron chi connectivity index (χ2n) is 5.96. The monoisotopic (exact) mass is 280 g/mol. The van der Waals surface area contributed by atoms with Gasteiger partial charge in [0.1, 0.15) is 0 Å². The second kappa shape index (κ2) is 7.26. The number of anilines is 3. The van der Waals surface area contributed by atoms with Gasteiger partial charge in [-0.2, -0.15) is 15.0 Å². The molecule has 0 atom stereocenters. The van der Waals surface area contributed by atoms with Gasteiger partial charge in [-0.1, -0.05) is 27.7 Å². The molecule has 1 rings (SSSR count). The van der Waals surface area contributed by atoms with Crippen molar-refractivity contribution in [2.45, 2.75) is 27.7 Å². The molecule has 0 aliphatic rings. The van der Waals surface area contributed by atoms with Crippen LogP contribution in [0, 0.1) is 17.8 Å². The van der Waals surface area contributed by atoms with Crippen LogP contribution in [0.1, 0.15) is 27.7 Å². The first kappa shape index (κ1) is 16.5. The van der Waals surface area contributed by atoms with Crippen molar-refractivity contribution in [3.63, 3.8) is 0 Å². The fraction of sp³-hybridized carbons (Fsp3) is 0.786. The molecule has 0 radical (unpaired) electrons. The summed E-state index contributed by atoms with van der Waals surface area (Å²) in [6.45, 7) is 9.89. The van der Waals surface area contributed by atoms with Crippen LogP contribution in [0.3, 0.4) is 0 Å². The Labute approximate surface area is 122 Å². The number of aromatic nitrogens is 3. The van der Waals surface area contributed by atoms with E-state index in [2.05, 4.69) is 53.3 Å². The average Bonchev–Trinajstić information content (AvgIpc) is 2.37. The minimum absolute atomic E-state index is 0.580. The van der Waals surface area contributed by atoms with Gasteiger partial charge in [-0.05, 0) is 17.8 Å². The molecule has 0 unspecified atom stereocenters. The number of nitrogens with one attached hydrogen (secondary N) is 2. The highest BCUT2D eigenvalue weighted by Gasteiger charge is 2.18. The molecule has 0 amide bonds. The molecule has 0 aliphatic heterocycles.